The van der Waals surface area contributed by atoms with E-state index in [1.165, 1.54) is 22.3 Å². The first kappa shape index (κ1) is 13.6. The van der Waals surface area contributed by atoms with Crippen LogP contribution < -0.4 is 0 Å². The van der Waals surface area contributed by atoms with Gasteiger partial charge in [0.2, 0.25) is 9.84 Å². The summed E-state index contributed by atoms with van der Waals surface area (Å²) in [5.74, 6) is 0. The van der Waals surface area contributed by atoms with Gasteiger partial charge >= 0.3 is 0 Å². The molecule has 0 N–H and O–H groups in total. The molecule has 120 valence electrons. The fourth-order valence-corrected chi connectivity index (χ4v) is 6.76. The number of allylic oxidation sites excluding steroid dienone is 8. The molecule has 0 unspecified atom stereocenters. The molecule has 1 spiro atoms. The van der Waals surface area contributed by atoms with Gasteiger partial charge < -0.3 is 0 Å². The Bertz CT molecular complexity index is 1170. The summed E-state index contributed by atoms with van der Waals surface area (Å²) in [6.07, 6.45) is 9.64. The molecule has 2 aromatic rings. The van der Waals surface area contributed by atoms with E-state index in [0.717, 1.165) is 17.5 Å². The molecule has 2 aromatic carbocycles. The minimum Gasteiger partial charge on any atom is -0.218 e. The molecule has 1 aliphatic heterocycles. The van der Waals surface area contributed by atoms with Crippen LogP contribution in [0.3, 0.4) is 0 Å². The third kappa shape index (κ3) is 1.37. The zero-order valence-electron chi connectivity index (χ0n) is 13.4. The summed E-state index contributed by atoms with van der Waals surface area (Å²) in [5.41, 5.74) is 6.56. The molecule has 0 aromatic heterocycles. The Balaban J connectivity index is 1.82. The molecule has 3 heteroatoms. The van der Waals surface area contributed by atoms with E-state index in [0.29, 0.717) is 9.79 Å². The summed E-state index contributed by atoms with van der Waals surface area (Å²) in [6, 6.07) is 15.0. The van der Waals surface area contributed by atoms with Crippen LogP contribution in [0.15, 0.2) is 105 Å². The summed E-state index contributed by atoms with van der Waals surface area (Å²) < 4.78 is 26.4. The molecular weight excluding hydrogens is 328 g/mol. The van der Waals surface area contributed by atoms with E-state index in [2.05, 4.69) is 24.3 Å². The van der Waals surface area contributed by atoms with Gasteiger partial charge in [-0.1, -0.05) is 60.7 Å². The van der Waals surface area contributed by atoms with Crippen molar-refractivity contribution in [1.29, 1.82) is 0 Å². The molecular formula is C22H14O2S. The van der Waals surface area contributed by atoms with Crippen LogP contribution in [-0.2, 0) is 15.3 Å². The minimum absolute atomic E-state index is 0.443. The van der Waals surface area contributed by atoms with Gasteiger partial charge in [0.05, 0.1) is 15.2 Å². The fourth-order valence-electron chi connectivity index (χ4n) is 4.97. The second-order valence-electron chi connectivity index (χ2n) is 6.98. The Morgan fingerprint density at radius 3 is 2.20 bits per heavy atom. The lowest BCUT2D eigenvalue weighted by molar-refractivity contribution is 0.580. The van der Waals surface area contributed by atoms with Crippen molar-refractivity contribution in [3.8, 4) is 0 Å². The third-order valence-corrected chi connectivity index (χ3v) is 7.79. The van der Waals surface area contributed by atoms with Crippen molar-refractivity contribution >= 4 is 9.84 Å². The Kier molecular flexibility index (Phi) is 2.24. The normalized spacial score (nSPS) is 22.6. The maximum absolute atomic E-state index is 13.2. The van der Waals surface area contributed by atoms with E-state index in [4.69, 9.17) is 0 Å². The first-order valence-corrected chi connectivity index (χ1v) is 9.91. The van der Waals surface area contributed by atoms with Gasteiger partial charge in [0.15, 0.2) is 0 Å². The van der Waals surface area contributed by atoms with E-state index < -0.39 is 15.3 Å². The number of hydrogen-bond donors (Lipinski definition) is 0. The largest absolute Gasteiger partial charge is 0.218 e. The quantitative estimate of drug-likeness (QED) is 0.717. The van der Waals surface area contributed by atoms with Crippen molar-refractivity contribution in [2.75, 3.05) is 0 Å². The summed E-state index contributed by atoms with van der Waals surface area (Å²) in [6.45, 7) is 0. The van der Waals surface area contributed by atoms with Crippen LogP contribution in [0.2, 0.25) is 0 Å². The van der Waals surface area contributed by atoms with Gasteiger partial charge in [-0.2, -0.15) is 0 Å². The minimum atomic E-state index is -3.49. The van der Waals surface area contributed by atoms with Crippen LogP contribution in [0, 0.1) is 0 Å². The molecule has 2 bridgehead atoms. The highest BCUT2D eigenvalue weighted by Crippen LogP contribution is 2.61. The smallest absolute Gasteiger partial charge is 0.207 e. The van der Waals surface area contributed by atoms with E-state index in [1.807, 2.05) is 36.4 Å². The van der Waals surface area contributed by atoms with Crippen molar-refractivity contribution in [3.05, 3.63) is 106 Å². The van der Waals surface area contributed by atoms with Gasteiger partial charge in [0.1, 0.15) is 0 Å². The van der Waals surface area contributed by atoms with Crippen LogP contribution in [-0.4, -0.2) is 8.42 Å². The first-order chi connectivity index (χ1) is 12.1. The zero-order chi connectivity index (χ0) is 16.8. The van der Waals surface area contributed by atoms with E-state index in [-0.39, 0.29) is 0 Å². The lowest BCUT2D eigenvalue weighted by Gasteiger charge is -2.39. The SMILES string of the molecule is O=S1(=O)c2ccccc2C2(C=C3CC2=C2C=CC=C32)c2ccccc21. The van der Waals surface area contributed by atoms with Gasteiger partial charge in [-0.3, -0.25) is 0 Å². The maximum atomic E-state index is 13.2. The Morgan fingerprint density at radius 1 is 0.880 bits per heavy atom. The van der Waals surface area contributed by atoms with Crippen LogP contribution in [0.4, 0.5) is 0 Å². The lowest BCUT2D eigenvalue weighted by Crippen LogP contribution is -2.34. The van der Waals surface area contributed by atoms with Crippen LogP contribution >= 0.6 is 0 Å². The molecule has 0 saturated heterocycles. The number of fused-ring (bicyclic) bond motifs is 9. The average Bonchev–Trinajstić information content (AvgIpc) is 3.33. The summed E-state index contributed by atoms with van der Waals surface area (Å²) in [7, 11) is -3.49. The second-order valence-corrected chi connectivity index (χ2v) is 8.87. The van der Waals surface area contributed by atoms with Crippen LogP contribution in [0.5, 0.6) is 0 Å². The van der Waals surface area contributed by atoms with Crippen molar-refractivity contribution in [3.63, 3.8) is 0 Å². The van der Waals surface area contributed by atoms with Gasteiger partial charge in [0, 0.05) is 0 Å². The Labute approximate surface area is 146 Å². The summed E-state index contributed by atoms with van der Waals surface area (Å²) in [4.78, 5) is 0.886. The highest BCUT2D eigenvalue weighted by Gasteiger charge is 2.53. The van der Waals surface area contributed by atoms with Gasteiger partial charge in [-0.25, -0.2) is 8.42 Å². The molecule has 0 saturated carbocycles. The molecule has 0 atom stereocenters. The van der Waals surface area contributed by atoms with Crippen molar-refractivity contribution in [2.45, 2.75) is 21.6 Å². The standard InChI is InChI=1S/C22H14O2S/c23-25(24)20-10-3-1-8-17(20)22(18-9-2-4-11-21(18)25)13-14-12-19(22)16-7-5-6-15(14)16/h1-11,13H,12H2. The van der Waals surface area contributed by atoms with E-state index in [9.17, 15) is 8.42 Å². The molecule has 4 aliphatic rings. The molecule has 6 rings (SSSR count). The number of benzene rings is 2. The van der Waals surface area contributed by atoms with Crippen LogP contribution in [0.1, 0.15) is 17.5 Å². The Morgan fingerprint density at radius 2 is 1.52 bits per heavy atom. The van der Waals surface area contributed by atoms with Crippen LogP contribution in [0.25, 0.3) is 0 Å². The first-order valence-electron chi connectivity index (χ1n) is 8.42. The van der Waals surface area contributed by atoms with E-state index in [1.54, 1.807) is 12.1 Å². The third-order valence-electron chi connectivity index (χ3n) is 5.92. The van der Waals surface area contributed by atoms with Crippen molar-refractivity contribution < 1.29 is 8.42 Å². The monoisotopic (exact) mass is 342 g/mol. The fraction of sp³-hybridized carbons (Fsp3) is 0.0909. The predicted octanol–water partition coefficient (Wildman–Crippen LogP) is 4.26. The van der Waals surface area contributed by atoms with Gasteiger partial charge in [0.25, 0.3) is 0 Å². The molecule has 1 heterocycles. The Hall–Kier alpha value is -2.65. The summed E-state index contributed by atoms with van der Waals surface area (Å²) in [5, 5.41) is 0. The van der Waals surface area contributed by atoms with Crippen molar-refractivity contribution in [2.24, 2.45) is 0 Å². The van der Waals surface area contributed by atoms with Crippen molar-refractivity contribution in [1.82, 2.24) is 0 Å². The topological polar surface area (TPSA) is 34.1 Å². The molecule has 3 aliphatic carbocycles. The number of rotatable bonds is 0. The average molecular weight is 342 g/mol. The lowest BCUT2D eigenvalue weighted by atomic mass is 9.68. The van der Waals surface area contributed by atoms with Gasteiger partial charge in [-0.05, 0) is 52.0 Å². The number of hydrogen-bond acceptors (Lipinski definition) is 2. The maximum Gasteiger partial charge on any atom is 0.207 e. The zero-order valence-corrected chi connectivity index (χ0v) is 14.2. The predicted molar refractivity (Wildman–Crippen MR) is 96.1 cm³/mol. The molecule has 0 radical (unpaired) electrons. The molecule has 2 nitrogen and oxygen atoms in total. The van der Waals surface area contributed by atoms with E-state index >= 15 is 0 Å². The second kappa shape index (κ2) is 4.12. The highest BCUT2D eigenvalue weighted by molar-refractivity contribution is 7.91. The number of sulfone groups is 1. The van der Waals surface area contributed by atoms with Gasteiger partial charge in [-0.15, -0.1) is 0 Å². The highest BCUT2D eigenvalue weighted by atomic mass is 32.2. The molecule has 0 amide bonds. The molecule has 25 heavy (non-hydrogen) atoms. The summed E-state index contributed by atoms with van der Waals surface area (Å²) >= 11 is 0. The molecule has 0 fully saturated rings.